The summed E-state index contributed by atoms with van der Waals surface area (Å²) in [5, 5.41) is 10.7. The van der Waals surface area contributed by atoms with E-state index in [1.165, 1.54) is 22.8 Å². The van der Waals surface area contributed by atoms with E-state index in [4.69, 9.17) is 4.74 Å². The fraction of sp³-hybridized carbons (Fsp3) is 0.391. The summed E-state index contributed by atoms with van der Waals surface area (Å²) < 4.78 is 19.5. The Hall–Kier alpha value is -2.17. The number of benzene rings is 2. The van der Waals surface area contributed by atoms with Gasteiger partial charge in [0.05, 0.1) is 12.7 Å². The molecule has 0 fully saturated rings. The molecule has 2 atom stereocenters. The first-order valence-electron chi connectivity index (χ1n) is 9.85. The quantitative estimate of drug-likeness (QED) is 0.876. The van der Waals surface area contributed by atoms with E-state index in [0.717, 1.165) is 55.8 Å². The Balaban J connectivity index is 1.35. The van der Waals surface area contributed by atoms with Gasteiger partial charge in [-0.25, -0.2) is 4.39 Å². The number of aliphatic hydroxyl groups is 1. The Bertz CT molecular complexity index is 907. The monoisotopic (exact) mass is 365 g/mol. The Labute approximate surface area is 159 Å². The van der Waals surface area contributed by atoms with Crippen LogP contribution < -0.4 is 4.74 Å². The summed E-state index contributed by atoms with van der Waals surface area (Å²) in [6.45, 7) is 2.50. The number of aryl methyl sites for hydroxylation is 1. The standard InChI is InChI=1S/C23H24FNO2/c24-18-6-7-19-17(13-18)14-21(22(19)26)25-10-8-15(9-11-25)20-5-1-3-16-4-2-12-27-23(16)20/h1,3,5-8,13,21-22,26H,2,4,9-12,14H2/t21-,22-/m1/s1. The third-order valence-electron chi connectivity index (χ3n) is 6.21. The summed E-state index contributed by atoms with van der Waals surface area (Å²) >= 11 is 0. The van der Waals surface area contributed by atoms with Crippen LogP contribution in [0.25, 0.3) is 5.57 Å². The van der Waals surface area contributed by atoms with Crippen molar-refractivity contribution in [1.29, 1.82) is 0 Å². The first kappa shape index (κ1) is 17.0. The molecule has 0 amide bonds. The Morgan fingerprint density at radius 2 is 2.04 bits per heavy atom. The van der Waals surface area contributed by atoms with Crippen molar-refractivity contribution in [2.45, 2.75) is 37.8 Å². The number of para-hydroxylation sites is 1. The molecular formula is C23H24FNO2. The van der Waals surface area contributed by atoms with Gasteiger partial charge in [-0.3, -0.25) is 4.90 Å². The molecule has 0 radical (unpaired) electrons. The van der Waals surface area contributed by atoms with Gasteiger partial charge in [-0.2, -0.15) is 0 Å². The second-order valence-corrected chi connectivity index (χ2v) is 7.78. The zero-order chi connectivity index (χ0) is 18.4. The van der Waals surface area contributed by atoms with Gasteiger partial charge >= 0.3 is 0 Å². The Kier molecular flexibility index (Phi) is 4.25. The van der Waals surface area contributed by atoms with E-state index in [1.54, 1.807) is 12.1 Å². The van der Waals surface area contributed by atoms with Gasteiger partial charge in [0.15, 0.2) is 0 Å². The molecule has 0 saturated heterocycles. The van der Waals surface area contributed by atoms with Crippen molar-refractivity contribution < 1.29 is 14.2 Å². The number of hydrogen-bond donors (Lipinski definition) is 1. The van der Waals surface area contributed by atoms with Gasteiger partial charge in [-0.15, -0.1) is 0 Å². The molecule has 4 heteroatoms. The number of rotatable bonds is 2. The topological polar surface area (TPSA) is 32.7 Å². The lowest BCUT2D eigenvalue weighted by atomic mass is 9.93. The van der Waals surface area contributed by atoms with Crippen LogP contribution in [0.1, 0.15) is 41.2 Å². The van der Waals surface area contributed by atoms with Gasteiger partial charge in [0.1, 0.15) is 11.6 Å². The van der Waals surface area contributed by atoms with Crippen LogP contribution in [0.4, 0.5) is 4.39 Å². The van der Waals surface area contributed by atoms with Crippen molar-refractivity contribution in [2.24, 2.45) is 0 Å². The average Bonchev–Trinajstić information content (AvgIpc) is 3.03. The lowest BCUT2D eigenvalue weighted by molar-refractivity contribution is 0.0669. The summed E-state index contributed by atoms with van der Waals surface area (Å²) in [5.74, 6) is 0.837. The molecule has 0 saturated carbocycles. The van der Waals surface area contributed by atoms with Crippen molar-refractivity contribution in [2.75, 3.05) is 19.7 Å². The highest BCUT2D eigenvalue weighted by atomic mass is 19.1. The predicted molar refractivity (Wildman–Crippen MR) is 103 cm³/mol. The number of aliphatic hydroxyl groups excluding tert-OH is 1. The second kappa shape index (κ2) is 6.77. The van der Waals surface area contributed by atoms with Gasteiger partial charge in [-0.05, 0) is 60.1 Å². The normalized spacial score (nSPS) is 24.7. The number of ether oxygens (including phenoxy) is 1. The van der Waals surface area contributed by atoms with E-state index >= 15 is 0 Å². The van der Waals surface area contributed by atoms with Crippen LogP contribution >= 0.6 is 0 Å². The predicted octanol–water partition coefficient (Wildman–Crippen LogP) is 3.90. The molecule has 2 heterocycles. The molecule has 5 rings (SSSR count). The number of halogens is 1. The van der Waals surface area contributed by atoms with Crippen LogP contribution in [0, 0.1) is 5.82 Å². The second-order valence-electron chi connectivity index (χ2n) is 7.78. The summed E-state index contributed by atoms with van der Waals surface area (Å²) in [5.41, 5.74) is 5.69. The molecule has 0 unspecified atom stereocenters. The lowest BCUT2D eigenvalue weighted by Crippen LogP contribution is -2.40. The minimum Gasteiger partial charge on any atom is -0.493 e. The van der Waals surface area contributed by atoms with Crippen LogP contribution in [0.5, 0.6) is 5.75 Å². The minimum atomic E-state index is -0.539. The van der Waals surface area contributed by atoms with Crippen LogP contribution in [0.15, 0.2) is 42.5 Å². The number of nitrogens with zero attached hydrogens (tertiary/aromatic N) is 1. The zero-order valence-electron chi connectivity index (χ0n) is 15.3. The van der Waals surface area contributed by atoms with Crippen LogP contribution in [0.2, 0.25) is 0 Å². The van der Waals surface area contributed by atoms with Gasteiger partial charge in [0.2, 0.25) is 0 Å². The molecule has 2 aromatic rings. The van der Waals surface area contributed by atoms with Crippen molar-refractivity contribution >= 4 is 5.57 Å². The molecule has 0 spiro atoms. The fourth-order valence-electron chi connectivity index (χ4n) is 4.79. The van der Waals surface area contributed by atoms with Crippen molar-refractivity contribution in [3.8, 4) is 5.75 Å². The molecule has 3 nitrogen and oxygen atoms in total. The van der Waals surface area contributed by atoms with E-state index in [1.807, 2.05) is 0 Å². The zero-order valence-corrected chi connectivity index (χ0v) is 15.3. The van der Waals surface area contributed by atoms with E-state index in [2.05, 4.69) is 29.2 Å². The van der Waals surface area contributed by atoms with Crippen LogP contribution in [0.3, 0.4) is 0 Å². The van der Waals surface area contributed by atoms with Gasteiger partial charge in [0, 0.05) is 24.7 Å². The highest BCUT2D eigenvalue weighted by Crippen LogP contribution is 2.39. The van der Waals surface area contributed by atoms with Crippen LogP contribution in [-0.4, -0.2) is 35.7 Å². The van der Waals surface area contributed by atoms with Crippen molar-refractivity contribution in [1.82, 2.24) is 4.90 Å². The first-order valence-corrected chi connectivity index (χ1v) is 9.85. The molecular weight excluding hydrogens is 341 g/mol. The maximum absolute atomic E-state index is 13.5. The Morgan fingerprint density at radius 3 is 2.89 bits per heavy atom. The maximum atomic E-state index is 13.5. The van der Waals surface area contributed by atoms with Gasteiger partial charge in [0.25, 0.3) is 0 Å². The summed E-state index contributed by atoms with van der Waals surface area (Å²) in [4.78, 5) is 2.32. The highest BCUT2D eigenvalue weighted by Gasteiger charge is 2.36. The first-order chi connectivity index (χ1) is 13.2. The molecule has 2 aromatic carbocycles. The average molecular weight is 365 g/mol. The number of hydrogen-bond acceptors (Lipinski definition) is 3. The molecule has 140 valence electrons. The largest absolute Gasteiger partial charge is 0.493 e. The third kappa shape index (κ3) is 2.97. The minimum absolute atomic E-state index is 0.0283. The van der Waals surface area contributed by atoms with E-state index in [0.29, 0.717) is 6.42 Å². The summed E-state index contributed by atoms with van der Waals surface area (Å²) in [6, 6.07) is 11.2. The summed E-state index contributed by atoms with van der Waals surface area (Å²) in [6.07, 6.45) is 5.56. The van der Waals surface area contributed by atoms with Gasteiger partial charge < -0.3 is 9.84 Å². The van der Waals surface area contributed by atoms with E-state index in [-0.39, 0.29) is 11.9 Å². The molecule has 0 bridgehead atoms. The smallest absolute Gasteiger partial charge is 0.129 e. The van der Waals surface area contributed by atoms with E-state index < -0.39 is 6.10 Å². The molecule has 0 aromatic heterocycles. The third-order valence-corrected chi connectivity index (χ3v) is 6.21. The van der Waals surface area contributed by atoms with E-state index in [9.17, 15) is 9.50 Å². The highest BCUT2D eigenvalue weighted by molar-refractivity contribution is 5.73. The SMILES string of the molecule is O[C@@H]1c2ccc(F)cc2C[C@H]1N1CC=C(c2cccc3c2OCCC3)CC1. The van der Waals surface area contributed by atoms with Crippen molar-refractivity contribution in [3.05, 3.63) is 70.5 Å². The Morgan fingerprint density at radius 1 is 1.11 bits per heavy atom. The summed E-state index contributed by atoms with van der Waals surface area (Å²) in [7, 11) is 0. The maximum Gasteiger partial charge on any atom is 0.129 e. The lowest BCUT2D eigenvalue weighted by Gasteiger charge is -2.34. The molecule has 1 aliphatic carbocycles. The molecule has 2 aliphatic heterocycles. The van der Waals surface area contributed by atoms with Crippen LogP contribution in [-0.2, 0) is 12.8 Å². The fourth-order valence-corrected chi connectivity index (χ4v) is 4.79. The molecule has 27 heavy (non-hydrogen) atoms. The molecule has 3 aliphatic rings. The molecule has 1 N–H and O–H groups in total. The number of fused-ring (bicyclic) bond motifs is 2. The van der Waals surface area contributed by atoms with Crippen molar-refractivity contribution in [3.63, 3.8) is 0 Å². The van der Waals surface area contributed by atoms with Gasteiger partial charge in [-0.1, -0.05) is 30.3 Å².